The number of nitrogens with zero attached hydrogens (tertiary/aromatic N) is 4. The van der Waals surface area contributed by atoms with Crippen molar-refractivity contribution in [2.45, 2.75) is 19.3 Å². The van der Waals surface area contributed by atoms with Gasteiger partial charge >= 0.3 is 12.4 Å². The Morgan fingerprint density at radius 1 is 0.490 bits per heavy atom. The van der Waals surface area contributed by atoms with Gasteiger partial charge in [-0.2, -0.15) is 47.4 Å². The van der Waals surface area contributed by atoms with Crippen molar-refractivity contribution in [3.63, 3.8) is 0 Å². The number of alkyl halides is 6. The van der Waals surface area contributed by atoms with Gasteiger partial charge in [-0.1, -0.05) is 0 Å². The summed E-state index contributed by atoms with van der Waals surface area (Å²) >= 11 is 0. The average molecular weight is 700 g/mol. The molecule has 3 aromatic rings. The van der Waals surface area contributed by atoms with Crippen molar-refractivity contribution in [2.75, 3.05) is 0 Å². The van der Waals surface area contributed by atoms with E-state index in [1.54, 1.807) is 0 Å². The first-order chi connectivity index (χ1) is 22.7. The second kappa shape index (κ2) is 12.1. The summed E-state index contributed by atoms with van der Waals surface area (Å²) in [5, 5.41) is 38.5. The minimum absolute atomic E-state index is 0.0684. The van der Waals surface area contributed by atoms with Crippen LogP contribution in [-0.2, 0) is 12.4 Å². The highest BCUT2D eigenvalue weighted by atomic mass is 19.4. The quantitative estimate of drug-likeness (QED) is 0.155. The Hall–Kier alpha value is -6.14. The van der Waals surface area contributed by atoms with Gasteiger partial charge in [0.15, 0.2) is 46.5 Å². The highest BCUT2D eigenvalue weighted by molar-refractivity contribution is 6.12. The van der Waals surface area contributed by atoms with E-state index in [2.05, 4.69) is 0 Å². The smallest absolute Gasteiger partial charge is 0.203 e. The maximum absolute atomic E-state index is 15.1. The van der Waals surface area contributed by atoms with Gasteiger partial charge < -0.3 is 0 Å². The molecule has 0 N–H and O–H groups in total. The van der Waals surface area contributed by atoms with E-state index in [4.69, 9.17) is 5.26 Å². The van der Waals surface area contributed by atoms with Crippen molar-refractivity contribution in [1.29, 1.82) is 21.0 Å². The first kappa shape index (κ1) is 35.7. The van der Waals surface area contributed by atoms with Gasteiger partial charge in [-0.3, -0.25) is 0 Å². The lowest BCUT2D eigenvalue weighted by atomic mass is 9.97. The molecule has 0 aliphatic heterocycles. The van der Waals surface area contributed by atoms with Crippen LogP contribution in [0.5, 0.6) is 0 Å². The summed E-state index contributed by atoms with van der Waals surface area (Å²) in [6.45, 7) is 0.542. The number of hydrogen-bond donors (Lipinski definition) is 0. The van der Waals surface area contributed by atoms with Crippen LogP contribution in [0.15, 0.2) is 34.9 Å². The topological polar surface area (TPSA) is 95.2 Å². The number of benzene rings is 3. The Morgan fingerprint density at radius 2 is 0.816 bits per heavy atom. The lowest BCUT2D eigenvalue weighted by molar-refractivity contribution is -0.143. The van der Waals surface area contributed by atoms with Gasteiger partial charge in [0.2, 0.25) is 0 Å². The standard InChI is InChI=1S/C31H6F14N4/c1-9-22(32)26(36)20(27(37)23(9)33)14(6-47)18-17(13(5-46)10-2-11(30(40,41)42)4-12(3-10)31(43,44)45)19(18)15(7-48)21-28(38)24(34)16(8-49)25(35)29(21)39/h2-4H,1H3. The Kier molecular flexibility index (Phi) is 8.85. The molecule has 1 aliphatic rings. The normalized spacial score (nSPS) is 15.9. The Labute approximate surface area is 263 Å². The van der Waals surface area contributed by atoms with Crippen molar-refractivity contribution >= 4 is 16.7 Å². The fourth-order valence-electron chi connectivity index (χ4n) is 4.69. The molecule has 0 aromatic heterocycles. The van der Waals surface area contributed by atoms with Crippen LogP contribution in [0.4, 0.5) is 61.5 Å². The number of hydrogen-bond acceptors (Lipinski definition) is 4. The summed E-state index contributed by atoms with van der Waals surface area (Å²) in [6, 6.07) is 3.43. The van der Waals surface area contributed by atoms with Crippen molar-refractivity contribution in [3.05, 3.63) is 120 Å². The van der Waals surface area contributed by atoms with E-state index in [0.717, 1.165) is 24.3 Å². The molecular weight excluding hydrogens is 694 g/mol. The van der Waals surface area contributed by atoms with Gasteiger partial charge in [-0.15, -0.1) is 0 Å². The first-order valence-corrected chi connectivity index (χ1v) is 12.5. The van der Waals surface area contributed by atoms with E-state index in [1.165, 1.54) is 0 Å². The first-order valence-electron chi connectivity index (χ1n) is 12.5. The van der Waals surface area contributed by atoms with E-state index in [1.807, 2.05) is 0 Å². The highest BCUT2D eigenvalue weighted by Gasteiger charge is 2.46. The molecule has 4 rings (SSSR count). The maximum Gasteiger partial charge on any atom is 0.416 e. The van der Waals surface area contributed by atoms with Gasteiger partial charge in [0.05, 0.1) is 39.0 Å². The van der Waals surface area contributed by atoms with Gasteiger partial charge in [0, 0.05) is 22.3 Å². The Bertz CT molecular complexity index is 2190. The highest BCUT2D eigenvalue weighted by Crippen LogP contribution is 2.57. The van der Waals surface area contributed by atoms with E-state index in [0.29, 0.717) is 6.92 Å². The van der Waals surface area contributed by atoms with E-state index < -0.39 is 131 Å². The molecule has 0 bridgehead atoms. The van der Waals surface area contributed by atoms with Crippen LogP contribution >= 0.6 is 0 Å². The summed E-state index contributed by atoms with van der Waals surface area (Å²) < 4.78 is 200. The van der Waals surface area contributed by atoms with E-state index in [9.17, 15) is 59.7 Å². The zero-order chi connectivity index (χ0) is 37.1. The fourth-order valence-corrected chi connectivity index (χ4v) is 4.69. The number of rotatable bonds is 3. The molecule has 0 heterocycles. The second-order valence-electron chi connectivity index (χ2n) is 9.75. The summed E-state index contributed by atoms with van der Waals surface area (Å²) in [4.78, 5) is 0. The summed E-state index contributed by atoms with van der Waals surface area (Å²) in [6.07, 6.45) is -11.1. The van der Waals surface area contributed by atoms with Crippen molar-refractivity contribution in [3.8, 4) is 24.3 Å². The summed E-state index contributed by atoms with van der Waals surface area (Å²) in [5.41, 5.74) is -21.1. The zero-order valence-corrected chi connectivity index (χ0v) is 23.3. The minimum atomic E-state index is -5.54. The SMILES string of the molecule is Cc1c(F)c(F)c(C(C#N)=C2C(=C(C#N)c3cc(C(F)(F)F)cc(C(F)(F)F)c3)C2=C(C#N)c2c(F)c(F)c(C#N)c(F)c2F)c(F)c1F. The molecule has 1 saturated carbocycles. The Balaban J connectivity index is 2.33. The third kappa shape index (κ3) is 5.72. The molecule has 18 heteroatoms. The van der Waals surface area contributed by atoms with Gasteiger partial charge in [-0.05, 0) is 30.7 Å². The zero-order valence-electron chi connectivity index (χ0n) is 23.3. The molecular formula is C31H6F14N4. The molecule has 4 nitrogen and oxygen atoms in total. The molecule has 248 valence electrons. The number of halogens is 14. The van der Waals surface area contributed by atoms with Crippen LogP contribution in [-0.4, -0.2) is 0 Å². The van der Waals surface area contributed by atoms with Gasteiger partial charge in [0.1, 0.15) is 29.8 Å². The monoisotopic (exact) mass is 700 g/mol. The van der Waals surface area contributed by atoms with Crippen LogP contribution in [0.25, 0.3) is 16.7 Å². The number of nitriles is 4. The molecule has 3 aromatic carbocycles. The summed E-state index contributed by atoms with van der Waals surface area (Å²) in [7, 11) is 0. The van der Waals surface area contributed by atoms with Gasteiger partial charge in [0.25, 0.3) is 0 Å². The van der Waals surface area contributed by atoms with Crippen LogP contribution < -0.4 is 0 Å². The second-order valence-corrected chi connectivity index (χ2v) is 9.75. The van der Waals surface area contributed by atoms with Crippen LogP contribution in [0, 0.1) is 98.8 Å². The Morgan fingerprint density at radius 3 is 1.12 bits per heavy atom. The molecule has 1 aliphatic carbocycles. The predicted octanol–water partition coefficient (Wildman–Crippen LogP) is 9.26. The molecule has 0 amide bonds. The molecule has 0 saturated heterocycles. The average Bonchev–Trinajstić information content (AvgIpc) is 3.75. The molecule has 0 spiro atoms. The lowest BCUT2D eigenvalue weighted by Crippen LogP contribution is -2.11. The van der Waals surface area contributed by atoms with Crippen LogP contribution in [0.3, 0.4) is 0 Å². The van der Waals surface area contributed by atoms with Crippen LogP contribution in [0.2, 0.25) is 0 Å². The molecule has 1 fully saturated rings. The number of allylic oxidation sites excluding steroid dienone is 6. The molecule has 0 unspecified atom stereocenters. The van der Waals surface area contributed by atoms with Crippen molar-refractivity contribution < 1.29 is 61.5 Å². The van der Waals surface area contributed by atoms with Crippen molar-refractivity contribution in [1.82, 2.24) is 0 Å². The van der Waals surface area contributed by atoms with Crippen molar-refractivity contribution in [2.24, 2.45) is 0 Å². The third-order valence-electron chi connectivity index (χ3n) is 7.01. The minimum Gasteiger partial charge on any atom is -0.203 e. The van der Waals surface area contributed by atoms with Crippen LogP contribution in [0.1, 0.15) is 38.9 Å². The van der Waals surface area contributed by atoms with Gasteiger partial charge in [-0.25, -0.2) is 35.1 Å². The fraction of sp³-hybridized carbons (Fsp3) is 0.0968. The molecule has 49 heavy (non-hydrogen) atoms. The lowest BCUT2D eigenvalue weighted by Gasteiger charge is -2.13. The molecule has 0 atom stereocenters. The van der Waals surface area contributed by atoms with E-state index >= 15 is 17.6 Å². The molecule has 0 radical (unpaired) electrons. The maximum atomic E-state index is 15.1. The third-order valence-corrected chi connectivity index (χ3v) is 7.01. The predicted molar refractivity (Wildman–Crippen MR) is 136 cm³/mol. The largest absolute Gasteiger partial charge is 0.416 e. The van der Waals surface area contributed by atoms with E-state index in [-0.39, 0.29) is 18.2 Å². The summed E-state index contributed by atoms with van der Waals surface area (Å²) in [5.74, 6) is -18.7.